The lowest BCUT2D eigenvalue weighted by Gasteiger charge is -2.19. The highest BCUT2D eigenvalue weighted by atomic mass is 16.5. The molecule has 0 spiro atoms. The van der Waals surface area contributed by atoms with E-state index in [0.29, 0.717) is 0 Å². The van der Waals surface area contributed by atoms with Crippen molar-refractivity contribution in [3.8, 4) is 5.75 Å². The van der Waals surface area contributed by atoms with Crippen LogP contribution in [0.25, 0.3) is 0 Å². The zero-order valence-corrected chi connectivity index (χ0v) is 14.1. The first-order valence-electron chi connectivity index (χ1n) is 8.13. The predicted octanol–water partition coefficient (Wildman–Crippen LogP) is 3.90. The van der Waals surface area contributed by atoms with Crippen LogP contribution in [0.3, 0.4) is 0 Å². The maximum absolute atomic E-state index is 12.2. The lowest BCUT2D eigenvalue weighted by Crippen LogP contribution is -2.41. The monoisotopic (exact) mass is 311 g/mol. The molecule has 23 heavy (non-hydrogen) atoms. The van der Waals surface area contributed by atoms with Crippen molar-refractivity contribution in [2.75, 3.05) is 0 Å². The van der Waals surface area contributed by atoms with Gasteiger partial charge in [-0.05, 0) is 50.8 Å². The van der Waals surface area contributed by atoms with Gasteiger partial charge in [0.05, 0.1) is 0 Å². The third-order valence-corrected chi connectivity index (χ3v) is 3.86. The molecule has 2 atom stereocenters. The molecule has 0 saturated carbocycles. The third-order valence-electron chi connectivity index (χ3n) is 3.86. The standard InChI is InChI=1S/C20H25NO2/c1-15-9-7-8-12-19(15)23-17(3)20(22)21-16(2)13-14-18-10-5-4-6-11-18/h4-12,16-17H,13-14H2,1-3H3,(H,21,22)/t16-,17-/m0/s1. The summed E-state index contributed by atoms with van der Waals surface area (Å²) in [7, 11) is 0. The van der Waals surface area contributed by atoms with E-state index >= 15 is 0 Å². The van der Waals surface area contributed by atoms with Crippen LogP contribution in [-0.4, -0.2) is 18.1 Å². The van der Waals surface area contributed by atoms with Crippen molar-refractivity contribution >= 4 is 5.91 Å². The van der Waals surface area contributed by atoms with Crippen molar-refractivity contribution < 1.29 is 9.53 Å². The molecule has 0 aliphatic rings. The molecular formula is C20H25NO2. The highest BCUT2D eigenvalue weighted by Gasteiger charge is 2.17. The fourth-order valence-electron chi connectivity index (χ4n) is 2.39. The summed E-state index contributed by atoms with van der Waals surface area (Å²) >= 11 is 0. The number of carbonyl (C=O) groups excluding carboxylic acids is 1. The van der Waals surface area contributed by atoms with E-state index in [1.807, 2.05) is 56.3 Å². The van der Waals surface area contributed by atoms with E-state index in [4.69, 9.17) is 4.74 Å². The van der Waals surface area contributed by atoms with E-state index in [9.17, 15) is 4.79 Å². The van der Waals surface area contributed by atoms with Gasteiger partial charge in [0, 0.05) is 6.04 Å². The van der Waals surface area contributed by atoms with Crippen molar-refractivity contribution in [1.29, 1.82) is 0 Å². The molecule has 0 unspecified atom stereocenters. The van der Waals surface area contributed by atoms with Gasteiger partial charge in [0.2, 0.25) is 0 Å². The maximum atomic E-state index is 12.2. The molecule has 0 bridgehead atoms. The number of carbonyl (C=O) groups is 1. The first-order valence-corrected chi connectivity index (χ1v) is 8.13. The fourth-order valence-corrected chi connectivity index (χ4v) is 2.39. The summed E-state index contributed by atoms with van der Waals surface area (Å²) in [5, 5.41) is 3.03. The number of rotatable bonds is 7. The van der Waals surface area contributed by atoms with Crippen LogP contribution in [0.15, 0.2) is 54.6 Å². The highest BCUT2D eigenvalue weighted by Crippen LogP contribution is 2.17. The second kappa shape index (κ2) is 8.37. The average Bonchev–Trinajstić information content (AvgIpc) is 2.56. The SMILES string of the molecule is Cc1ccccc1O[C@@H](C)C(=O)N[C@@H](C)CCc1ccccc1. The number of para-hydroxylation sites is 1. The topological polar surface area (TPSA) is 38.3 Å². The normalized spacial score (nSPS) is 13.2. The van der Waals surface area contributed by atoms with Crippen molar-refractivity contribution in [2.24, 2.45) is 0 Å². The molecule has 0 aliphatic carbocycles. The summed E-state index contributed by atoms with van der Waals surface area (Å²) in [6, 6.07) is 18.2. The van der Waals surface area contributed by atoms with Gasteiger partial charge in [-0.1, -0.05) is 48.5 Å². The first-order chi connectivity index (χ1) is 11.1. The van der Waals surface area contributed by atoms with Crippen LogP contribution in [-0.2, 0) is 11.2 Å². The van der Waals surface area contributed by atoms with Crippen LogP contribution in [0.5, 0.6) is 5.75 Å². The van der Waals surface area contributed by atoms with Crippen molar-refractivity contribution in [3.63, 3.8) is 0 Å². The van der Waals surface area contributed by atoms with Gasteiger partial charge in [-0.2, -0.15) is 0 Å². The summed E-state index contributed by atoms with van der Waals surface area (Å²) in [5.74, 6) is 0.681. The number of hydrogen-bond donors (Lipinski definition) is 1. The number of benzene rings is 2. The fraction of sp³-hybridized carbons (Fsp3) is 0.350. The summed E-state index contributed by atoms with van der Waals surface area (Å²) in [4.78, 5) is 12.2. The summed E-state index contributed by atoms with van der Waals surface area (Å²) < 4.78 is 5.76. The molecule has 0 heterocycles. The van der Waals surface area contributed by atoms with E-state index in [1.54, 1.807) is 6.92 Å². The summed E-state index contributed by atoms with van der Waals surface area (Å²) in [5.41, 5.74) is 2.32. The Morgan fingerprint density at radius 3 is 2.39 bits per heavy atom. The smallest absolute Gasteiger partial charge is 0.260 e. The van der Waals surface area contributed by atoms with Crippen molar-refractivity contribution in [2.45, 2.75) is 45.8 Å². The molecule has 2 aromatic rings. The largest absolute Gasteiger partial charge is 0.481 e. The number of aryl methyl sites for hydroxylation is 2. The molecule has 0 aromatic heterocycles. The van der Waals surface area contributed by atoms with Crippen molar-refractivity contribution in [1.82, 2.24) is 5.32 Å². The Kier molecular flexibility index (Phi) is 6.21. The Hall–Kier alpha value is -2.29. The lowest BCUT2D eigenvalue weighted by atomic mass is 10.1. The van der Waals surface area contributed by atoms with Gasteiger partial charge in [-0.25, -0.2) is 0 Å². The lowest BCUT2D eigenvalue weighted by molar-refractivity contribution is -0.127. The van der Waals surface area contributed by atoms with E-state index < -0.39 is 6.10 Å². The van der Waals surface area contributed by atoms with Crippen LogP contribution in [0.4, 0.5) is 0 Å². The van der Waals surface area contributed by atoms with Crippen LogP contribution in [0.1, 0.15) is 31.4 Å². The van der Waals surface area contributed by atoms with Crippen LogP contribution >= 0.6 is 0 Å². The van der Waals surface area contributed by atoms with Gasteiger partial charge in [-0.3, -0.25) is 4.79 Å². The number of ether oxygens (including phenoxy) is 1. The van der Waals surface area contributed by atoms with Crippen LogP contribution in [0.2, 0.25) is 0 Å². The molecule has 0 fully saturated rings. The number of nitrogens with one attached hydrogen (secondary N) is 1. The third kappa shape index (κ3) is 5.44. The second-order valence-corrected chi connectivity index (χ2v) is 5.96. The molecule has 0 saturated heterocycles. The summed E-state index contributed by atoms with van der Waals surface area (Å²) in [6.07, 6.45) is 1.36. The molecule has 2 rings (SSSR count). The minimum atomic E-state index is -0.504. The zero-order chi connectivity index (χ0) is 16.7. The van der Waals surface area contributed by atoms with Gasteiger partial charge in [0.1, 0.15) is 5.75 Å². The quantitative estimate of drug-likeness (QED) is 0.842. The van der Waals surface area contributed by atoms with Gasteiger partial charge < -0.3 is 10.1 Å². The average molecular weight is 311 g/mol. The van der Waals surface area contributed by atoms with E-state index in [1.165, 1.54) is 5.56 Å². The predicted molar refractivity (Wildman–Crippen MR) is 93.6 cm³/mol. The molecule has 3 heteroatoms. The van der Waals surface area contributed by atoms with Crippen molar-refractivity contribution in [3.05, 3.63) is 65.7 Å². The highest BCUT2D eigenvalue weighted by molar-refractivity contribution is 5.81. The zero-order valence-electron chi connectivity index (χ0n) is 14.1. The Balaban J connectivity index is 1.80. The van der Waals surface area contributed by atoms with E-state index in [2.05, 4.69) is 17.4 Å². The number of amides is 1. The Bertz CT molecular complexity index is 625. The van der Waals surface area contributed by atoms with Crippen LogP contribution < -0.4 is 10.1 Å². The molecule has 1 amide bonds. The minimum Gasteiger partial charge on any atom is -0.481 e. The summed E-state index contributed by atoms with van der Waals surface area (Å²) in [6.45, 7) is 5.79. The number of hydrogen-bond acceptors (Lipinski definition) is 2. The molecule has 2 aromatic carbocycles. The molecular weight excluding hydrogens is 286 g/mol. The van der Waals surface area contributed by atoms with E-state index in [-0.39, 0.29) is 11.9 Å². The first kappa shape index (κ1) is 17.1. The molecule has 1 N–H and O–H groups in total. The maximum Gasteiger partial charge on any atom is 0.260 e. The van der Waals surface area contributed by atoms with Gasteiger partial charge in [0.25, 0.3) is 5.91 Å². The molecule has 122 valence electrons. The Morgan fingerprint density at radius 2 is 1.70 bits per heavy atom. The Morgan fingerprint density at radius 1 is 1.04 bits per heavy atom. The Labute approximate surface area is 138 Å². The van der Waals surface area contributed by atoms with Gasteiger partial charge >= 0.3 is 0 Å². The van der Waals surface area contributed by atoms with Gasteiger partial charge in [0.15, 0.2) is 6.10 Å². The molecule has 0 radical (unpaired) electrons. The molecule has 3 nitrogen and oxygen atoms in total. The second-order valence-electron chi connectivity index (χ2n) is 5.96. The van der Waals surface area contributed by atoms with E-state index in [0.717, 1.165) is 24.2 Å². The minimum absolute atomic E-state index is 0.0752. The van der Waals surface area contributed by atoms with Gasteiger partial charge in [-0.15, -0.1) is 0 Å². The van der Waals surface area contributed by atoms with Crippen LogP contribution in [0, 0.1) is 6.92 Å². The molecule has 0 aliphatic heterocycles.